The van der Waals surface area contributed by atoms with E-state index in [1.807, 2.05) is 24.3 Å². The lowest BCUT2D eigenvalue weighted by molar-refractivity contribution is 0.335. The van der Waals surface area contributed by atoms with E-state index in [9.17, 15) is 0 Å². The Morgan fingerprint density at radius 3 is 2.86 bits per heavy atom. The van der Waals surface area contributed by atoms with E-state index in [0.717, 1.165) is 35.3 Å². The van der Waals surface area contributed by atoms with Crippen LogP contribution in [0.1, 0.15) is 43.7 Å². The van der Waals surface area contributed by atoms with Crippen molar-refractivity contribution < 1.29 is 9.15 Å². The van der Waals surface area contributed by atoms with Gasteiger partial charge in [0.2, 0.25) is 5.82 Å². The molecule has 2 aromatic heterocycles. The number of furan rings is 1. The lowest BCUT2D eigenvalue weighted by atomic mass is 9.95. The zero-order chi connectivity index (χ0) is 19.2. The molecule has 0 saturated heterocycles. The lowest BCUT2D eigenvalue weighted by Gasteiger charge is -2.25. The van der Waals surface area contributed by atoms with Crippen LogP contribution in [0.4, 0.5) is 0 Å². The van der Waals surface area contributed by atoms with Crippen LogP contribution in [0.15, 0.2) is 52.2 Å². The summed E-state index contributed by atoms with van der Waals surface area (Å²) in [6, 6.07) is 13.6. The van der Waals surface area contributed by atoms with Crippen molar-refractivity contribution in [3.8, 4) is 23.4 Å². The summed E-state index contributed by atoms with van der Waals surface area (Å²) in [5.74, 6) is 3.03. The Balaban J connectivity index is 1.44. The first-order valence-electron chi connectivity index (χ1n) is 9.59. The van der Waals surface area contributed by atoms with E-state index in [2.05, 4.69) is 20.8 Å². The second kappa shape index (κ2) is 8.98. The summed E-state index contributed by atoms with van der Waals surface area (Å²) in [6.45, 7) is 0.535. The van der Waals surface area contributed by atoms with Crippen molar-refractivity contribution in [2.75, 3.05) is 12.4 Å². The predicted molar refractivity (Wildman–Crippen MR) is 107 cm³/mol. The molecule has 0 spiro atoms. The molecule has 0 atom stereocenters. The van der Waals surface area contributed by atoms with Crippen molar-refractivity contribution in [1.29, 1.82) is 5.26 Å². The molecule has 28 heavy (non-hydrogen) atoms. The quantitative estimate of drug-likeness (QED) is 0.410. The topological polar surface area (TPSA) is 76.9 Å². The van der Waals surface area contributed by atoms with E-state index in [4.69, 9.17) is 14.4 Å². The first-order chi connectivity index (χ1) is 13.8. The van der Waals surface area contributed by atoms with Gasteiger partial charge in [-0.15, -0.1) is 10.2 Å². The molecule has 6 nitrogen and oxygen atoms in total. The van der Waals surface area contributed by atoms with Crippen LogP contribution in [-0.4, -0.2) is 27.1 Å². The van der Waals surface area contributed by atoms with E-state index in [1.165, 1.54) is 19.3 Å². The van der Waals surface area contributed by atoms with Gasteiger partial charge in [0, 0.05) is 11.8 Å². The SMILES string of the molecule is N#Cc1cccc(OCCSc2nnc(-c3ccco3)n2C2CCCCC2)c1. The van der Waals surface area contributed by atoms with Gasteiger partial charge in [-0.05, 0) is 43.2 Å². The monoisotopic (exact) mass is 394 g/mol. The highest BCUT2D eigenvalue weighted by Gasteiger charge is 2.24. The molecule has 1 fully saturated rings. The van der Waals surface area contributed by atoms with Crippen LogP contribution in [0.2, 0.25) is 0 Å². The summed E-state index contributed by atoms with van der Waals surface area (Å²) in [4.78, 5) is 0. The number of aromatic nitrogens is 3. The molecule has 1 aliphatic carbocycles. The smallest absolute Gasteiger partial charge is 0.200 e. The maximum atomic E-state index is 8.98. The summed E-state index contributed by atoms with van der Waals surface area (Å²) < 4.78 is 13.6. The fourth-order valence-electron chi connectivity index (χ4n) is 3.57. The van der Waals surface area contributed by atoms with Gasteiger partial charge in [0.25, 0.3) is 0 Å². The van der Waals surface area contributed by atoms with Gasteiger partial charge < -0.3 is 9.15 Å². The zero-order valence-electron chi connectivity index (χ0n) is 15.6. The Bertz CT molecular complexity index is 940. The minimum Gasteiger partial charge on any atom is -0.493 e. The molecule has 1 aromatic carbocycles. The fourth-order valence-corrected chi connectivity index (χ4v) is 4.39. The largest absolute Gasteiger partial charge is 0.493 e. The molecule has 0 bridgehead atoms. The second-order valence-corrected chi connectivity index (χ2v) is 7.84. The Morgan fingerprint density at radius 2 is 2.07 bits per heavy atom. The normalized spacial score (nSPS) is 14.7. The van der Waals surface area contributed by atoms with Crippen LogP contribution >= 0.6 is 11.8 Å². The molecule has 0 amide bonds. The second-order valence-electron chi connectivity index (χ2n) is 6.78. The minimum atomic E-state index is 0.416. The van der Waals surface area contributed by atoms with Crippen LogP contribution in [0.5, 0.6) is 5.75 Å². The number of rotatable bonds is 7. The van der Waals surface area contributed by atoms with Gasteiger partial charge in [-0.2, -0.15) is 5.26 Å². The van der Waals surface area contributed by atoms with Crippen LogP contribution in [0.25, 0.3) is 11.6 Å². The number of nitrogens with zero attached hydrogens (tertiary/aromatic N) is 4. The summed E-state index contributed by atoms with van der Waals surface area (Å²) in [5, 5.41) is 18.7. The van der Waals surface area contributed by atoms with Gasteiger partial charge >= 0.3 is 0 Å². The van der Waals surface area contributed by atoms with Crippen molar-refractivity contribution >= 4 is 11.8 Å². The van der Waals surface area contributed by atoms with Crippen LogP contribution in [-0.2, 0) is 0 Å². The minimum absolute atomic E-state index is 0.416. The first kappa shape index (κ1) is 18.6. The molecule has 1 saturated carbocycles. The average Bonchev–Trinajstić information content (AvgIpc) is 3.42. The van der Waals surface area contributed by atoms with E-state index in [-0.39, 0.29) is 0 Å². The molecule has 0 aliphatic heterocycles. The number of benzene rings is 1. The molecule has 7 heteroatoms. The summed E-state index contributed by atoms with van der Waals surface area (Å²) in [5.41, 5.74) is 0.602. The molecule has 144 valence electrons. The number of thioether (sulfide) groups is 1. The zero-order valence-corrected chi connectivity index (χ0v) is 16.4. The molecule has 3 aromatic rings. The third-order valence-electron chi connectivity index (χ3n) is 4.89. The molecule has 2 heterocycles. The maximum absolute atomic E-state index is 8.98. The maximum Gasteiger partial charge on any atom is 0.200 e. The van der Waals surface area contributed by atoms with Crippen molar-refractivity contribution in [3.05, 3.63) is 48.2 Å². The number of nitriles is 1. The van der Waals surface area contributed by atoms with Gasteiger partial charge in [0.15, 0.2) is 10.9 Å². The van der Waals surface area contributed by atoms with E-state index in [0.29, 0.717) is 24.0 Å². The summed E-state index contributed by atoms with van der Waals surface area (Å²) in [7, 11) is 0. The van der Waals surface area contributed by atoms with Crippen molar-refractivity contribution in [2.45, 2.75) is 43.3 Å². The van der Waals surface area contributed by atoms with Gasteiger partial charge in [-0.3, -0.25) is 4.57 Å². The third kappa shape index (κ3) is 4.23. The lowest BCUT2D eigenvalue weighted by Crippen LogP contribution is -2.15. The first-order valence-corrected chi connectivity index (χ1v) is 10.6. The highest BCUT2D eigenvalue weighted by Crippen LogP contribution is 2.35. The van der Waals surface area contributed by atoms with E-state index in [1.54, 1.807) is 30.2 Å². The third-order valence-corrected chi connectivity index (χ3v) is 5.80. The Kier molecular flexibility index (Phi) is 5.98. The van der Waals surface area contributed by atoms with Crippen molar-refractivity contribution in [1.82, 2.24) is 14.8 Å². The Labute approximate surface area is 168 Å². The molecule has 0 N–H and O–H groups in total. The molecule has 4 rings (SSSR count). The van der Waals surface area contributed by atoms with Crippen molar-refractivity contribution in [2.24, 2.45) is 0 Å². The standard InChI is InChI=1S/C21H22N4O2S/c22-15-16-6-4-9-18(14-16)26-12-13-28-21-24-23-20(19-10-5-11-27-19)25(21)17-7-2-1-3-8-17/h4-6,9-11,14,17H,1-3,7-8,12-13H2. The van der Waals surface area contributed by atoms with Gasteiger partial charge in [-0.1, -0.05) is 37.1 Å². The number of ether oxygens (including phenoxy) is 1. The fraction of sp³-hybridized carbons (Fsp3) is 0.381. The number of hydrogen-bond donors (Lipinski definition) is 0. The predicted octanol–water partition coefficient (Wildman–Crippen LogP) is 5.09. The van der Waals surface area contributed by atoms with E-state index < -0.39 is 0 Å². The Hall–Kier alpha value is -2.72. The average molecular weight is 395 g/mol. The van der Waals surface area contributed by atoms with Gasteiger partial charge in [0.1, 0.15) is 5.75 Å². The highest BCUT2D eigenvalue weighted by atomic mass is 32.2. The van der Waals surface area contributed by atoms with Crippen LogP contribution in [0.3, 0.4) is 0 Å². The molecule has 1 aliphatic rings. The van der Waals surface area contributed by atoms with E-state index >= 15 is 0 Å². The van der Waals surface area contributed by atoms with Crippen LogP contribution < -0.4 is 4.74 Å². The highest BCUT2D eigenvalue weighted by molar-refractivity contribution is 7.99. The van der Waals surface area contributed by atoms with Gasteiger partial charge in [-0.25, -0.2) is 0 Å². The molecule has 0 radical (unpaired) electrons. The summed E-state index contributed by atoms with van der Waals surface area (Å²) in [6.07, 6.45) is 7.75. The summed E-state index contributed by atoms with van der Waals surface area (Å²) >= 11 is 1.65. The molecule has 0 unspecified atom stereocenters. The van der Waals surface area contributed by atoms with Crippen molar-refractivity contribution in [3.63, 3.8) is 0 Å². The number of hydrogen-bond acceptors (Lipinski definition) is 6. The van der Waals surface area contributed by atoms with Gasteiger partial charge in [0.05, 0.1) is 24.5 Å². The molecular weight excluding hydrogens is 372 g/mol. The van der Waals surface area contributed by atoms with Crippen LogP contribution in [0, 0.1) is 11.3 Å². The Morgan fingerprint density at radius 1 is 1.18 bits per heavy atom. The molecular formula is C21H22N4O2S.